The Morgan fingerprint density at radius 2 is 1.85 bits per heavy atom. The molecule has 1 aromatic heterocycles. The first-order valence-electron chi connectivity index (χ1n) is 8.51. The molecule has 3 rings (SSSR count). The lowest BCUT2D eigenvalue weighted by molar-refractivity contribution is -0.127. The minimum atomic E-state index is -0.102. The Morgan fingerprint density at radius 1 is 1.15 bits per heavy atom. The Morgan fingerprint density at radius 3 is 2.50 bits per heavy atom. The lowest BCUT2D eigenvalue weighted by Gasteiger charge is -2.31. The maximum absolute atomic E-state index is 12.3. The van der Waals surface area contributed by atoms with Crippen LogP contribution in [0.4, 0.5) is 10.8 Å². The van der Waals surface area contributed by atoms with E-state index >= 15 is 0 Å². The number of benzene rings is 1. The SMILES string of the molecule is CC(=O)N(c1ccccc1)c1nc(C=CC(=O)N2CCN(C)CC2)cs1. The summed E-state index contributed by atoms with van der Waals surface area (Å²) in [6, 6.07) is 9.41. The normalized spacial score (nSPS) is 15.4. The number of thiazole rings is 1. The average molecular weight is 370 g/mol. The number of carbonyl (C=O) groups excluding carboxylic acids is 2. The molecule has 1 fully saturated rings. The van der Waals surface area contributed by atoms with Gasteiger partial charge in [0.2, 0.25) is 11.8 Å². The zero-order chi connectivity index (χ0) is 18.5. The van der Waals surface area contributed by atoms with Crippen molar-refractivity contribution in [1.29, 1.82) is 0 Å². The van der Waals surface area contributed by atoms with Crippen molar-refractivity contribution < 1.29 is 9.59 Å². The molecule has 2 amide bonds. The van der Waals surface area contributed by atoms with Crippen molar-refractivity contribution in [2.24, 2.45) is 0 Å². The first-order chi connectivity index (χ1) is 12.5. The van der Waals surface area contributed by atoms with Gasteiger partial charge in [0.05, 0.1) is 11.4 Å². The first kappa shape index (κ1) is 18.3. The Bertz CT molecular complexity index is 795. The standard InChI is InChI=1S/C19H22N4O2S/c1-15(24)23(17-6-4-3-5-7-17)19-20-16(14-26-19)8-9-18(25)22-12-10-21(2)11-13-22/h3-9,14H,10-13H2,1-2H3. The molecule has 2 aromatic rings. The van der Waals surface area contributed by atoms with E-state index in [4.69, 9.17) is 0 Å². The van der Waals surface area contributed by atoms with Crippen LogP contribution in [0, 0.1) is 0 Å². The summed E-state index contributed by atoms with van der Waals surface area (Å²) in [6.45, 7) is 4.79. The molecule has 2 heterocycles. The zero-order valence-corrected chi connectivity index (χ0v) is 15.8. The van der Waals surface area contributed by atoms with Crippen LogP contribution in [0.25, 0.3) is 6.08 Å². The topological polar surface area (TPSA) is 56.8 Å². The molecule has 1 aliphatic rings. The van der Waals surface area contributed by atoms with E-state index in [1.807, 2.05) is 40.6 Å². The van der Waals surface area contributed by atoms with Gasteiger partial charge in [-0.15, -0.1) is 11.3 Å². The molecule has 0 bridgehead atoms. The van der Waals surface area contributed by atoms with E-state index in [1.54, 1.807) is 17.1 Å². The van der Waals surface area contributed by atoms with Crippen LogP contribution in [-0.4, -0.2) is 59.8 Å². The van der Waals surface area contributed by atoms with Crippen molar-refractivity contribution in [2.45, 2.75) is 6.92 Å². The van der Waals surface area contributed by atoms with Crippen molar-refractivity contribution in [3.63, 3.8) is 0 Å². The summed E-state index contributed by atoms with van der Waals surface area (Å²) in [7, 11) is 2.06. The first-order valence-corrected chi connectivity index (χ1v) is 9.39. The largest absolute Gasteiger partial charge is 0.337 e. The summed E-state index contributed by atoms with van der Waals surface area (Å²) in [5.41, 5.74) is 1.45. The van der Waals surface area contributed by atoms with Crippen molar-refractivity contribution in [2.75, 3.05) is 38.1 Å². The fourth-order valence-electron chi connectivity index (χ4n) is 2.75. The highest BCUT2D eigenvalue weighted by atomic mass is 32.1. The molecule has 0 unspecified atom stereocenters. The second kappa shape index (κ2) is 8.25. The highest BCUT2D eigenvalue weighted by Gasteiger charge is 2.18. The number of rotatable bonds is 4. The molecule has 7 heteroatoms. The maximum Gasteiger partial charge on any atom is 0.246 e. The van der Waals surface area contributed by atoms with Gasteiger partial charge >= 0.3 is 0 Å². The van der Waals surface area contributed by atoms with Gasteiger partial charge in [-0.1, -0.05) is 18.2 Å². The van der Waals surface area contributed by atoms with Gasteiger partial charge in [-0.25, -0.2) is 4.98 Å². The van der Waals surface area contributed by atoms with Gasteiger partial charge < -0.3 is 9.80 Å². The Hall–Kier alpha value is -2.51. The second-order valence-corrected chi connectivity index (χ2v) is 7.04. The van der Waals surface area contributed by atoms with Crippen molar-refractivity contribution in [3.8, 4) is 0 Å². The van der Waals surface area contributed by atoms with Gasteiger partial charge in [0.1, 0.15) is 0 Å². The molecule has 1 aromatic carbocycles. The lowest BCUT2D eigenvalue weighted by atomic mass is 10.3. The summed E-state index contributed by atoms with van der Waals surface area (Å²) in [4.78, 5) is 34.5. The number of likely N-dealkylation sites (N-methyl/N-ethyl adjacent to an activating group) is 1. The molecule has 136 valence electrons. The smallest absolute Gasteiger partial charge is 0.246 e. The van der Waals surface area contributed by atoms with Gasteiger partial charge in [0.15, 0.2) is 5.13 Å². The number of hydrogen-bond acceptors (Lipinski definition) is 5. The molecular weight excluding hydrogens is 348 g/mol. The van der Waals surface area contributed by atoms with E-state index < -0.39 is 0 Å². The second-order valence-electron chi connectivity index (χ2n) is 6.21. The van der Waals surface area contributed by atoms with E-state index in [9.17, 15) is 9.59 Å². The number of nitrogens with zero attached hydrogens (tertiary/aromatic N) is 4. The van der Waals surface area contributed by atoms with Crippen LogP contribution in [-0.2, 0) is 9.59 Å². The molecule has 26 heavy (non-hydrogen) atoms. The monoisotopic (exact) mass is 370 g/mol. The third-order valence-electron chi connectivity index (χ3n) is 4.24. The highest BCUT2D eigenvalue weighted by Crippen LogP contribution is 2.29. The molecule has 1 aliphatic heterocycles. The molecule has 0 N–H and O–H groups in total. The van der Waals surface area contributed by atoms with E-state index in [2.05, 4.69) is 16.9 Å². The van der Waals surface area contributed by atoms with Gasteiger partial charge in [0, 0.05) is 44.6 Å². The maximum atomic E-state index is 12.3. The number of amides is 2. The van der Waals surface area contributed by atoms with Crippen molar-refractivity contribution in [1.82, 2.24) is 14.8 Å². The summed E-state index contributed by atoms with van der Waals surface area (Å²) < 4.78 is 0. The van der Waals surface area contributed by atoms with Gasteiger partial charge in [-0.05, 0) is 25.3 Å². The number of para-hydroxylation sites is 1. The predicted molar refractivity (Wildman–Crippen MR) is 104 cm³/mol. The zero-order valence-electron chi connectivity index (χ0n) is 15.0. The number of hydrogen-bond donors (Lipinski definition) is 0. The summed E-state index contributed by atoms with van der Waals surface area (Å²) >= 11 is 1.38. The lowest BCUT2D eigenvalue weighted by Crippen LogP contribution is -2.46. The van der Waals surface area contributed by atoms with Crippen LogP contribution in [0.2, 0.25) is 0 Å². The molecule has 6 nitrogen and oxygen atoms in total. The van der Waals surface area contributed by atoms with Crippen LogP contribution in [0.3, 0.4) is 0 Å². The average Bonchev–Trinajstić information content (AvgIpc) is 3.09. The van der Waals surface area contributed by atoms with Crippen molar-refractivity contribution in [3.05, 3.63) is 47.5 Å². The quantitative estimate of drug-likeness (QED) is 0.777. The van der Waals surface area contributed by atoms with E-state index in [1.165, 1.54) is 18.3 Å². The number of piperazine rings is 1. The molecule has 0 atom stereocenters. The minimum absolute atomic E-state index is 0.000802. The molecule has 0 aliphatic carbocycles. The number of anilines is 2. The van der Waals surface area contributed by atoms with E-state index in [0.717, 1.165) is 31.9 Å². The van der Waals surface area contributed by atoms with Crippen LogP contribution in [0.15, 0.2) is 41.8 Å². The Labute approximate surface area is 157 Å². The fourth-order valence-corrected chi connectivity index (χ4v) is 3.60. The molecular formula is C19H22N4O2S. The number of carbonyl (C=O) groups is 2. The van der Waals surface area contributed by atoms with E-state index in [0.29, 0.717) is 10.8 Å². The Balaban J connectivity index is 1.70. The van der Waals surface area contributed by atoms with E-state index in [-0.39, 0.29) is 11.8 Å². The van der Waals surface area contributed by atoms with Crippen molar-refractivity contribution >= 4 is 40.0 Å². The van der Waals surface area contributed by atoms with Gasteiger partial charge in [-0.2, -0.15) is 0 Å². The summed E-state index contributed by atoms with van der Waals surface area (Å²) in [6.07, 6.45) is 3.27. The fraction of sp³-hybridized carbons (Fsp3) is 0.316. The van der Waals surface area contributed by atoms with Crippen LogP contribution >= 0.6 is 11.3 Å². The third-order valence-corrected chi connectivity index (χ3v) is 5.09. The number of aromatic nitrogens is 1. The molecule has 0 spiro atoms. The highest BCUT2D eigenvalue weighted by molar-refractivity contribution is 7.14. The van der Waals surface area contributed by atoms with Crippen LogP contribution < -0.4 is 4.90 Å². The third kappa shape index (κ3) is 4.36. The predicted octanol–water partition coefficient (Wildman–Crippen LogP) is 2.61. The molecule has 0 radical (unpaired) electrons. The van der Waals surface area contributed by atoms with Gasteiger partial charge in [-0.3, -0.25) is 14.5 Å². The Kier molecular flexibility index (Phi) is 5.80. The van der Waals surface area contributed by atoms with Crippen LogP contribution in [0.5, 0.6) is 0 Å². The molecule has 0 saturated carbocycles. The van der Waals surface area contributed by atoms with Gasteiger partial charge in [0.25, 0.3) is 0 Å². The minimum Gasteiger partial charge on any atom is -0.337 e. The summed E-state index contributed by atoms with van der Waals surface area (Å²) in [5.74, 6) is -0.103. The molecule has 1 saturated heterocycles. The van der Waals surface area contributed by atoms with Crippen LogP contribution in [0.1, 0.15) is 12.6 Å². The summed E-state index contributed by atoms with van der Waals surface area (Å²) in [5, 5.41) is 2.44.